The van der Waals surface area contributed by atoms with E-state index in [0.29, 0.717) is 23.9 Å². The fraction of sp³-hybridized carbons (Fsp3) is 0.500. The summed E-state index contributed by atoms with van der Waals surface area (Å²) in [7, 11) is 3.16. The van der Waals surface area contributed by atoms with Gasteiger partial charge in [0.2, 0.25) is 0 Å². The maximum Gasteiger partial charge on any atom is 0.258 e. The molecule has 1 amide bonds. The van der Waals surface area contributed by atoms with Crippen LogP contribution in [0.2, 0.25) is 5.02 Å². The van der Waals surface area contributed by atoms with Gasteiger partial charge in [0.15, 0.2) is 6.61 Å². The molecule has 0 saturated carbocycles. The van der Waals surface area contributed by atoms with Crippen LogP contribution in [0.5, 0.6) is 5.75 Å². The van der Waals surface area contributed by atoms with E-state index in [9.17, 15) is 4.79 Å². The average molecular weight is 302 g/mol. The number of carbonyl (C=O) groups excluding carboxylic acids is 1. The maximum absolute atomic E-state index is 11.7. The molecule has 1 aromatic carbocycles. The Hall–Kier alpha value is -1.30. The summed E-state index contributed by atoms with van der Waals surface area (Å²) in [6, 6.07) is 6.82. The SMILES string of the molecule is COC[C@](C)(CNC(=O)COc1ccc(Cl)cc1)OC. The number of ether oxygens (including phenoxy) is 3. The van der Waals surface area contributed by atoms with Crippen LogP contribution in [0, 0.1) is 0 Å². The van der Waals surface area contributed by atoms with E-state index in [1.165, 1.54) is 0 Å². The molecule has 20 heavy (non-hydrogen) atoms. The molecule has 1 atom stereocenters. The number of methoxy groups -OCH3 is 2. The van der Waals surface area contributed by atoms with Gasteiger partial charge in [0.1, 0.15) is 11.4 Å². The topological polar surface area (TPSA) is 56.8 Å². The Morgan fingerprint density at radius 3 is 2.50 bits per heavy atom. The normalized spacial score (nSPS) is 13.6. The number of benzene rings is 1. The molecule has 0 aromatic heterocycles. The number of hydrogen-bond acceptors (Lipinski definition) is 4. The largest absolute Gasteiger partial charge is 0.484 e. The Bertz CT molecular complexity index is 424. The first-order chi connectivity index (χ1) is 9.49. The second-order valence-electron chi connectivity index (χ2n) is 4.61. The van der Waals surface area contributed by atoms with Crippen LogP contribution in [0.25, 0.3) is 0 Å². The first-order valence-corrected chi connectivity index (χ1v) is 6.56. The number of rotatable bonds is 8. The highest BCUT2D eigenvalue weighted by Gasteiger charge is 2.24. The monoisotopic (exact) mass is 301 g/mol. The lowest BCUT2D eigenvalue weighted by molar-refractivity contribution is -0.125. The van der Waals surface area contributed by atoms with Crippen molar-refractivity contribution in [3.63, 3.8) is 0 Å². The summed E-state index contributed by atoms with van der Waals surface area (Å²) in [6.45, 7) is 2.53. The van der Waals surface area contributed by atoms with Crippen LogP contribution in [0.3, 0.4) is 0 Å². The van der Waals surface area contributed by atoms with Crippen molar-refractivity contribution in [2.24, 2.45) is 0 Å². The lowest BCUT2D eigenvalue weighted by atomic mass is 10.1. The van der Waals surface area contributed by atoms with Crippen molar-refractivity contribution in [2.45, 2.75) is 12.5 Å². The Labute approximate surface area is 124 Å². The molecule has 0 aliphatic rings. The molecule has 5 nitrogen and oxygen atoms in total. The highest BCUT2D eigenvalue weighted by Crippen LogP contribution is 2.15. The fourth-order valence-corrected chi connectivity index (χ4v) is 1.63. The minimum atomic E-state index is -0.551. The van der Waals surface area contributed by atoms with Gasteiger partial charge in [-0.3, -0.25) is 4.79 Å². The van der Waals surface area contributed by atoms with Crippen LogP contribution < -0.4 is 10.1 Å². The first kappa shape index (κ1) is 16.8. The smallest absolute Gasteiger partial charge is 0.258 e. The summed E-state index contributed by atoms with van der Waals surface area (Å²) >= 11 is 5.76. The molecule has 0 heterocycles. The lowest BCUT2D eigenvalue weighted by Crippen LogP contribution is -2.46. The van der Waals surface area contributed by atoms with Crippen molar-refractivity contribution in [3.05, 3.63) is 29.3 Å². The zero-order valence-electron chi connectivity index (χ0n) is 11.9. The highest BCUT2D eigenvalue weighted by atomic mass is 35.5. The van der Waals surface area contributed by atoms with Gasteiger partial charge in [-0.2, -0.15) is 0 Å². The number of nitrogens with one attached hydrogen (secondary N) is 1. The van der Waals surface area contributed by atoms with E-state index < -0.39 is 5.60 Å². The van der Waals surface area contributed by atoms with E-state index >= 15 is 0 Å². The lowest BCUT2D eigenvalue weighted by Gasteiger charge is -2.27. The molecule has 1 aromatic rings. The van der Waals surface area contributed by atoms with Gasteiger partial charge in [-0.1, -0.05) is 11.6 Å². The molecule has 1 rings (SSSR count). The molecule has 0 aliphatic heterocycles. The quantitative estimate of drug-likeness (QED) is 0.796. The van der Waals surface area contributed by atoms with Crippen LogP contribution in [-0.2, 0) is 14.3 Å². The minimum Gasteiger partial charge on any atom is -0.484 e. The van der Waals surface area contributed by atoms with Crippen molar-refractivity contribution >= 4 is 17.5 Å². The predicted octanol–water partition coefficient (Wildman–Crippen LogP) is 1.89. The number of amides is 1. The van der Waals surface area contributed by atoms with Gasteiger partial charge in [0.05, 0.1) is 6.61 Å². The van der Waals surface area contributed by atoms with Crippen LogP contribution in [0.1, 0.15) is 6.92 Å². The number of hydrogen-bond donors (Lipinski definition) is 1. The molecular formula is C14H20ClNO4. The Morgan fingerprint density at radius 1 is 1.30 bits per heavy atom. The molecule has 0 bridgehead atoms. The molecule has 1 N–H and O–H groups in total. The van der Waals surface area contributed by atoms with Gasteiger partial charge in [-0.15, -0.1) is 0 Å². The number of carbonyl (C=O) groups is 1. The predicted molar refractivity (Wildman–Crippen MR) is 77.2 cm³/mol. The summed E-state index contributed by atoms with van der Waals surface area (Å²) in [6.07, 6.45) is 0. The molecular weight excluding hydrogens is 282 g/mol. The van der Waals surface area contributed by atoms with Gasteiger partial charge in [0, 0.05) is 25.8 Å². The molecule has 0 aliphatic carbocycles. The zero-order chi connectivity index (χ0) is 15.0. The van der Waals surface area contributed by atoms with Crippen LogP contribution >= 0.6 is 11.6 Å². The Balaban J connectivity index is 2.35. The van der Waals surface area contributed by atoms with Crippen LogP contribution in [0.15, 0.2) is 24.3 Å². The maximum atomic E-state index is 11.7. The van der Waals surface area contributed by atoms with Gasteiger partial charge in [-0.05, 0) is 31.2 Å². The van der Waals surface area contributed by atoms with Crippen LogP contribution in [0.4, 0.5) is 0 Å². The number of halogens is 1. The minimum absolute atomic E-state index is 0.0611. The molecule has 0 saturated heterocycles. The summed E-state index contributed by atoms with van der Waals surface area (Å²) in [5.74, 6) is 0.371. The molecule has 0 fully saturated rings. The van der Waals surface area contributed by atoms with E-state index in [0.717, 1.165) is 0 Å². The van der Waals surface area contributed by atoms with Crippen LogP contribution in [-0.4, -0.2) is 45.5 Å². The third kappa shape index (κ3) is 5.77. The third-order valence-electron chi connectivity index (χ3n) is 2.79. The van der Waals surface area contributed by atoms with E-state index in [1.807, 2.05) is 6.92 Å². The Morgan fingerprint density at radius 2 is 1.95 bits per heavy atom. The van der Waals surface area contributed by atoms with E-state index in [-0.39, 0.29) is 12.5 Å². The summed E-state index contributed by atoms with van der Waals surface area (Å²) < 4.78 is 15.7. The Kier molecular flexibility index (Phi) is 6.78. The van der Waals surface area contributed by atoms with E-state index in [4.69, 9.17) is 25.8 Å². The van der Waals surface area contributed by atoms with Gasteiger partial charge in [-0.25, -0.2) is 0 Å². The van der Waals surface area contributed by atoms with Crippen molar-refractivity contribution in [1.29, 1.82) is 0 Å². The third-order valence-corrected chi connectivity index (χ3v) is 3.04. The average Bonchev–Trinajstić information content (AvgIpc) is 2.45. The molecule has 0 radical (unpaired) electrons. The second kappa shape index (κ2) is 8.09. The summed E-state index contributed by atoms with van der Waals surface area (Å²) in [5.41, 5.74) is -0.551. The molecule has 0 unspecified atom stereocenters. The molecule has 112 valence electrons. The standard InChI is InChI=1S/C14H20ClNO4/c1-14(19-3,10-18-2)9-16-13(17)8-20-12-6-4-11(15)5-7-12/h4-7H,8-10H2,1-3H3,(H,16,17)/t14-/m0/s1. The fourth-order valence-electron chi connectivity index (χ4n) is 1.50. The van der Waals surface area contributed by atoms with Crippen molar-refractivity contribution in [2.75, 3.05) is 34.0 Å². The van der Waals surface area contributed by atoms with Gasteiger partial charge in [0.25, 0.3) is 5.91 Å². The first-order valence-electron chi connectivity index (χ1n) is 6.18. The zero-order valence-corrected chi connectivity index (χ0v) is 12.7. The summed E-state index contributed by atoms with van der Waals surface area (Å²) in [4.78, 5) is 11.7. The van der Waals surface area contributed by atoms with Crippen molar-refractivity contribution in [3.8, 4) is 5.75 Å². The van der Waals surface area contributed by atoms with Gasteiger partial charge >= 0.3 is 0 Å². The highest BCUT2D eigenvalue weighted by molar-refractivity contribution is 6.30. The molecule has 6 heteroatoms. The van der Waals surface area contributed by atoms with Crippen molar-refractivity contribution in [1.82, 2.24) is 5.32 Å². The van der Waals surface area contributed by atoms with E-state index in [1.54, 1.807) is 38.5 Å². The van der Waals surface area contributed by atoms with Crippen molar-refractivity contribution < 1.29 is 19.0 Å². The molecule has 0 spiro atoms. The van der Waals surface area contributed by atoms with Gasteiger partial charge < -0.3 is 19.5 Å². The van der Waals surface area contributed by atoms with E-state index in [2.05, 4.69) is 5.32 Å². The second-order valence-corrected chi connectivity index (χ2v) is 5.04. The summed E-state index contributed by atoms with van der Waals surface area (Å²) in [5, 5.41) is 3.37.